The molecule has 0 aliphatic carbocycles. The van der Waals surface area contributed by atoms with Gasteiger partial charge in [-0.15, -0.1) is 0 Å². The van der Waals surface area contributed by atoms with Gasteiger partial charge in [0.25, 0.3) is 0 Å². The molecule has 0 spiro atoms. The summed E-state index contributed by atoms with van der Waals surface area (Å²) in [5, 5.41) is 0. The summed E-state index contributed by atoms with van der Waals surface area (Å²) >= 11 is 0. The molecule has 0 aromatic heterocycles. The number of carbonyl (C=O) groups excluding carboxylic acids is 2. The Balaban J connectivity index is 1.45. The van der Waals surface area contributed by atoms with Gasteiger partial charge in [-0.3, -0.25) is 4.79 Å². The second kappa shape index (κ2) is 10.0. The predicted molar refractivity (Wildman–Crippen MR) is 124 cm³/mol. The smallest absolute Gasteiger partial charge is 0.348 e. The molecule has 182 valence electrons. The van der Waals surface area contributed by atoms with Crippen LogP contribution >= 0.6 is 0 Å². The van der Waals surface area contributed by atoms with E-state index in [4.69, 9.17) is 14.2 Å². The zero-order chi connectivity index (χ0) is 24.3. The molecule has 34 heavy (non-hydrogen) atoms. The van der Waals surface area contributed by atoms with Gasteiger partial charge in [-0.2, -0.15) is 4.31 Å². The molecule has 0 saturated carbocycles. The number of esters is 1. The predicted octanol–water partition coefficient (Wildman–Crippen LogP) is 2.45. The maximum Gasteiger partial charge on any atom is 0.348 e. The summed E-state index contributed by atoms with van der Waals surface area (Å²) in [6.07, 6.45) is -0.140. The van der Waals surface area contributed by atoms with E-state index in [1.54, 1.807) is 41.3 Å². The number of ether oxygens (including phenoxy) is 3. The zero-order valence-electron chi connectivity index (χ0n) is 19.2. The third-order valence-electron chi connectivity index (χ3n) is 6.08. The summed E-state index contributed by atoms with van der Waals surface area (Å²) in [7, 11) is -2.39. The molecule has 1 unspecified atom stereocenters. The van der Waals surface area contributed by atoms with Crippen LogP contribution < -0.4 is 14.4 Å². The monoisotopic (exact) mass is 488 g/mol. The fourth-order valence-electron chi connectivity index (χ4n) is 4.28. The number of benzene rings is 2. The molecule has 2 heterocycles. The van der Waals surface area contributed by atoms with Crippen molar-refractivity contribution in [2.75, 3.05) is 38.3 Å². The van der Waals surface area contributed by atoms with Gasteiger partial charge in [0.05, 0.1) is 30.8 Å². The number of rotatable bonds is 6. The van der Waals surface area contributed by atoms with Crippen molar-refractivity contribution in [1.29, 1.82) is 0 Å². The highest BCUT2D eigenvalue weighted by Gasteiger charge is 2.39. The second-order valence-electron chi connectivity index (χ2n) is 8.13. The number of hydrogen-bond donors (Lipinski definition) is 0. The van der Waals surface area contributed by atoms with Gasteiger partial charge in [0.2, 0.25) is 22.0 Å². The molecule has 2 aromatic rings. The number of anilines is 1. The zero-order valence-corrected chi connectivity index (χ0v) is 20.0. The van der Waals surface area contributed by atoms with Crippen molar-refractivity contribution in [1.82, 2.24) is 4.31 Å². The minimum atomic E-state index is -3.67. The van der Waals surface area contributed by atoms with Crippen LogP contribution in [0.1, 0.15) is 19.8 Å². The van der Waals surface area contributed by atoms with Gasteiger partial charge >= 0.3 is 5.97 Å². The molecular weight excluding hydrogens is 460 g/mol. The van der Waals surface area contributed by atoms with Crippen LogP contribution in [0.5, 0.6) is 11.5 Å². The van der Waals surface area contributed by atoms with E-state index in [1.165, 1.54) is 23.5 Å². The molecule has 2 aromatic carbocycles. The Morgan fingerprint density at radius 3 is 2.38 bits per heavy atom. The molecule has 10 heteroatoms. The van der Waals surface area contributed by atoms with Crippen LogP contribution in [0.3, 0.4) is 0 Å². The first-order valence-electron chi connectivity index (χ1n) is 11.2. The average molecular weight is 489 g/mol. The van der Waals surface area contributed by atoms with Gasteiger partial charge in [-0.05, 0) is 56.2 Å². The van der Waals surface area contributed by atoms with E-state index in [0.717, 1.165) is 0 Å². The highest BCUT2D eigenvalue weighted by molar-refractivity contribution is 7.89. The van der Waals surface area contributed by atoms with Crippen molar-refractivity contribution >= 4 is 27.6 Å². The molecule has 0 N–H and O–H groups in total. The molecular formula is C24H28N2O7S. The van der Waals surface area contributed by atoms with Crippen LogP contribution in [-0.2, 0) is 24.3 Å². The van der Waals surface area contributed by atoms with E-state index in [2.05, 4.69) is 0 Å². The first-order valence-corrected chi connectivity index (χ1v) is 12.7. The number of amides is 1. The molecule has 1 fully saturated rings. The summed E-state index contributed by atoms with van der Waals surface area (Å²) in [5.74, 6) is -0.0163. The Bertz CT molecular complexity index is 1140. The van der Waals surface area contributed by atoms with Crippen LogP contribution in [-0.4, -0.2) is 64.1 Å². The van der Waals surface area contributed by atoms with Gasteiger partial charge in [-0.25, -0.2) is 13.2 Å². The van der Waals surface area contributed by atoms with Crippen LogP contribution in [0.2, 0.25) is 0 Å². The molecule has 0 radical (unpaired) electrons. The highest BCUT2D eigenvalue weighted by atomic mass is 32.2. The third kappa shape index (κ3) is 4.74. The number of nitrogens with zero attached hydrogens (tertiary/aromatic N) is 2. The first kappa shape index (κ1) is 24.0. The van der Waals surface area contributed by atoms with Crippen LogP contribution in [0.25, 0.3) is 0 Å². The Kier molecular flexibility index (Phi) is 7.08. The van der Waals surface area contributed by atoms with Gasteiger partial charge in [0, 0.05) is 19.0 Å². The topological polar surface area (TPSA) is 102 Å². The Labute approximate surface area is 199 Å². The van der Waals surface area contributed by atoms with Crippen LogP contribution in [0.4, 0.5) is 5.69 Å². The molecule has 0 bridgehead atoms. The lowest BCUT2D eigenvalue weighted by Gasteiger charge is -2.37. The van der Waals surface area contributed by atoms with E-state index in [0.29, 0.717) is 36.6 Å². The minimum Gasteiger partial charge on any atom is -0.494 e. The lowest BCUT2D eigenvalue weighted by molar-refractivity contribution is -0.148. The molecule has 2 aliphatic rings. The largest absolute Gasteiger partial charge is 0.494 e. The van der Waals surface area contributed by atoms with Crippen molar-refractivity contribution in [3.8, 4) is 11.5 Å². The van der Waals surface area contributed by atoms with Crippen molar-refractivity contribution in [2.24, 2.45) is 5.92 Å². The molecule has 9 nitrogen and oxygen atoms in total. The maximum atomic E-state index is 13.4. The van der Waals surface area contributed by atoms with Crippen LogP contribution in [0.15, 0.2) is 53.4 Å². The summed E-state index contributed by atoms with van der Waals surface area (Å²) in [6, 6.07) is 13.4. The first-order chi connectivity index (χ1) is 16.3. The summed E-state index contributed by atoms with van der Waals surface area (Å²) in [6.45, 7) is 2.88. The number of para-hydroxylation sites is 2. The van der Waals surface area contributed by atoms with Gasteiger partial charge in [-0.1, -0.05) is 12.1 Å². The highest BCUT2D eigenvalue weighted by Crippen LogP contribution is 2.36. The lowest BCUT2D eigenvalue weighted by Crippen LogP contribution is -2.51. The minimum absolute atomic E-state index is 0.0488. The molecule has 2 aliphatic heterocycles. The van der Waals surface area contributed by atoms with Crippen molar-refractivity contribution < 1.29 is 32.2 Å². The average Bonchev–Trinajstić information content (AvgIpc) is 2.87. The molecule has 1 saturated heterocycles. The number of hydrogen-bond acceptors (Lipinski definition) is 7. The van der Waals surface area contributed by atoms with E-state index < -0.39 is 22.1 Å². The molecule has 1 atom stereocenters. The fraction of sp³-hybridized carbons (Fsp3) is 0.417. The van der Waals surface area contributed by atoms with E-state index in [9.17, 15) is 18.0 Å². The number of sulfonamides is 1. The summed E-state index contributed by atoms with van der Waals surface area (Å²) < 4.78 is 43.5. The summed E-state index contributed by atoms with van der Waals surface area (Å²) in [5.41, 5.74) is 0.595. The number of carbonyl (C=O) groups is 2. The maximum absolute atomic E-state index is 13.4. The normalized spacial score (nSPS) is 19.1. The summed E-state index contributed by atoms with van der Waals surface area (Å²) in [4.78, 5) is 27.3. The van der Waals surface area contributed by atoms with Gasteiger partial charge in [0.15, 0.2) is 0 Å². The van der Waals surface area contributed by atoms with Crippen molar-refractivity contribution in [3.63, 3.8) is 0 Å². The van der Waals surface area contributed by atoms with Crippen LogP contribution in [0, 0.1) is 5.92 Å². The molecule has 4 rings (SSSR count). The quantitative estimate of drug-likeness (QED) is 0.576. The standard InChI is InChI=1S/C24H28N2O7S/c1-3-32-18-8-10-19(11-9-18)34(29,30)25-14-12-17(13-15-25)23(27)26-16-22(24(28)31-2)33-21-7-5-4-6-20(21)26/h4-11,17,22H,3,12-16H2,1-2H3. The van der Waals surface area contributed by atoms with Crippen molar-refractivity contribution in [3.05, 3.63) is 48.5 Å². The number of methoxy groups -OCH3 is 1. The number of piperidine rings is 1. The second-order valence-corrected chi connectivity index (χ2v) is 10.1. The lowest BCUT2D eigenvalue weighted by atomic mass is 9.95. The Morgan fingerprint density at radius 1 is 1.06 bits per heavy atom. The van der Waals surface area contributed by atoms with Crippen molar-refractivity contribution in [2.45, 2.75) is 30.8 Å². The Hall–Kier alpha value is -3.11. The third-order valence-corrected chi connectivity index (χ3v) is 7.99. The fourth-order valence-corrected chi connectivity index (χ4v) is 5.75. The van der Waals surface area contributed by atoms with Gasteiger partial charge in [0.1, 0.15) is 11.5 Å². The van der Waals surface area contributed by atoms with E-state index >= 15 is 0 Å². The van der Waals surface area contributed by atoms with Gasteiger partial charge < -0.3 is 19.1 Å². The Morgan fingerprint density at radius 2 is 1.74 bits per heavy atom. The van der Waals surface area contributed by atoms with E-state index in [1.807, 2.05) is 6.92 Å². The molecule has 1 amide bonds. The number of fused-ring (bicyclic) bond motifs is 1. The van der Waals surface area contributed by atoms with E-state index in [-0.39, 0.29) is 36.4 Å². The SMILES string of the molecule is CCOc1ccc(S(=O)(=O)N2CCC(C(=O)N3CC(C(=O)OC)Oc4ccccc43)CC2)cc1.